The molecule has 3 amide bonds. The van der Waals surface area contributed by atoms with Crippen molar-refractivity contribution < 1.29 is 33.3 Å². The summed E-state index contributed by atoms with van der Waals surface area (Å²) >= 11 is 0. The summed E-state index contributed by atoms with van der Waals surface area (Å²) in [6, 6.07) is 9.39. The molecule has 1 aromatic rings. The van der Waals surface area contributed by atoms with Crippen molar-refractivity contribution in [2.24, 2.45) is 0 Å². The third-order valence-electron chi connectivity index (χ3n) is 3.28. The highest BCUT2D eigenvalue weighted by Gasteiger charge is 2.16. The van der Waals surface area contributed by atoms with Crippen molar-refractivity contribution in [3.8, 4) is 0 Å². The van der Waals surface area contributed by atoms with Crippen LogP contribution in [0.1, 0.15) is 32.8 Å². The number of hydrogen-bond donors (Lipinski definition) is 3. The van der Waals surface area contributed by atoms with Crippen LogP contribution in [-0.2, 0) is 30.3 Å². The Kier molecular flexibility index (Phi) is 11.9. The second-order valence-corrected chi connectivity index (χ2v) is 7.14. The van der Waals surface area contributed by atoms with Gasteiger partial charge in [0.05, 0.1) is 32.8 Å². The van der Waals surface area contributed by atoms with Crippen LogP contribution in [0.2, 0.25) is 0 Å². The standard InChI is InChI=1S/C20H31N3O7/c1-20(2,3)30-19(26)23-22-17(24)9-11-27-13-14-28-12-10-21-18(25)29-15-16-7-5-4-6-8-16/h4-8H,9-15H2,1-3H3,(H,21,25)(H,22,24)(H,23,26). The Bertz CT molecular complexity index is 648. The number of amides is 3. The number of nitrogens with one attached hydrogen (secondary N) is 3. The number of benzene rings is 1. The molecule has 0 unspecified atom stereocenters. The Morgan fingerprint density at radius 3 is 2.20 bits per heavy atom. The molecule has 3 N–H and O–H groups in total. The van der Waals surface area contributed by atoms with E-state index in [1.165, 1.54) is 0 Å². The van der Waals surface area contributed by atoms with E-state index >= 15 is 0 Å². The van der Waals surface area contributed by atoms with E-state index in [2.05, 4.69) is 16.2 Å². The van der Waals surface area contributed by atoms with Crippen LogP contribution in [0.25, 0.3) is 0 Å². The first-order valence-corrected chi connectivity index (χ1v) is 9.64. The fourth-order valence-corrected chi connectivity index (χ4v) is 1.97. The minimum Gasteiger partial charge on any atom is -0.445 e. The summed E-state index contributed by atoms with van der Waals surface area (Å²) in [6.07, 6.45) is -1.17. The first kappa shape index (κ1) is 25.2. The first-order valence-electron chi connectivity index (χ1n) is 9.64. The molecular weight excluding hydrogens is 394 g/mol. The summed E-state index contributed by atoms with van der Waals surface area (Å²) < 4.78 is 20.6. The fraction of sp³-hybridized carbons (Fsp3) is 0.550. The lowest BCUT2D eigenvalue weighted by Crippen LogP contribution is -2.44. The SMILES string of the molecule is CC(C)(C)OC(=O)NNC(=O)CCOCCOCCNC(=O)OCc1ccccc1. The normalized spacial score (nSPS) is 10.8. The molecule has 0 spiro atoms. The Morgan fingerprint density at radius 1 is 0.867 bits per heavy atom. The Labute approximate surface area is 176 Å². The summed E-state index contributed by atoms with van der Waals surface area (Å²) in [5.74, 6) is -0.403. The molecule has 0 fully saturated rings. The zero-order valence-electron chi connectivity index (χ0n) is 17.7. The van der Waals surface area contributed by atoms with E-state index in [0.29, 0.717) is 26.4 Å². The van der Waals surface area contributed by atoms with E-state index in [4.69, 9.17) is 18.9 Å². The van der Waals surface area contributed by atoms with Gasteiger partial charge in [0.2, 0.25) is 5.91 Å². The quantitative estimate of drug-likeness (QED) is 0.365. The van der Waals surface area contributed by atoms with Crippen molar-refractivity contribution in [2.75, 3.05) is 33.0 Å². The van der Waals surface area contributed by atoms with Crippen LogP contribution < -0.4 is 16.2 Å². The molecular formula is C20H31N3O7. The van der Waals surface area contributed by atoms with Gasteiger partial charge in [-0.15, -0.1) is 0 Å². The van der Waals surface area contributed by atoms with Crippen LogP contribution in [-0.4, -0.2) is 56.7 Å². The van der Waals surface area contributed by atoms with Crippen molar-refractivity contribution >= 4 is 18.1 Å². The number of rotatable bonds is 11. The highest BCUT2D eigenvalue weighted by Crippen LogP contribution is 2.05. The summed E-state index contributed by atoms with van der Waals surface area (Å²) in [5.41, 5.74) is 4.65. The maximum Gasteiger partial charge on any atom is 0.426 e. The number of hydrogen-bond acceptors (Lipinski definition) is 7. The van der Waals surface area contributed by atoms with Crippen molar-refractivity contribution in [1.29, 1.82) is 0 Å². The maximum absolute atomic E-state index is 11.6. The second kappa shape index (κ2) is 14.2. The van der Waals surface area contributed by atoms with Crippen LogP contribution in [0.4, 0.5) is 9.59 Å². The van der Waals surface area contributed by atoms with Crippen molar-refractivity contribution in [2.45, 2.75) is 39.4 Å². The Balaban J connectivity index is 1.90. The molecule has 0 bridgehead atoms. The zero-order valence-corrected chi connectivity index (χ0v) is 17.7. The molecule has 0 aromatic heterocycles. The third-order valence-corrected chi connectivity index (χ3v) is 3.28. The van der Waals surface area contributed by atoms with Crippen LogP contribution >= 0.6 is 0 Å². The van der Waals surface area contributed by atoms with Gasteiger partial charge in [-0.3, -0.25) is 10.2 Å². The second-order valence-electron chi connectivity index (χ2n) is 7.14. The van der Waals surface area contributed by atoms with Gasteiger partial charge in [-0.25, -0.2) is 15.0 Å². The van der Waals surface area contributed by atoms with Gasteiger partial charge in [0.25, 0.3) is 0 Å². The van der Waals surface area contributed by atoms with Crippen LogP contribution in [0.3, 0.4) is 0 Å². The highest BCUT2D eigenvalue weighted by atomic mass is 16.6. The van der Waals surface area contributed by atoms with Gasteiger partial charge in [-0.2, -0.15) is 0 Å². The zero-order chi connectivity index (χ0) is 22.2. The van der Waals surface area contributed by atoms with Crippen LogP contribution in [0.5, 0.6) is 0 Å². The van der Waals surface area contributed by atoms with Gasteiger partial charge < -0.3 is 24.3 Å². The summed E-state index contributed by atoms with van der Waals surface area (Å²) in [7, 11) is 0. The average Bonchev–Trinajstić information content (AvgIpc) is 2.69. The van der Waals surface area contributed by atoms with Gasteiger partial charge in [-0.05, 0) is 26.3 Å². The number of carbonyl (C=O) groups is 3. The average molecular weight is 425 g/mol. The number of carbonyl (C=O) groups excluding carboxylic acids is 3. The van der Waals surface area contributed by atoms with Gasteiger partial charge in [0.1, 0.15) is 12.2 Å². The van der Waals surface area contributed by atoms with Gasteiger partial charge >= 0.3 is 12.2 Å². The molecule has 10 heteroatoms. The number of alkyl carbamates (subject to hydrolysis) is 1. The lowest BCUT2D eigenvalue weighted by Gasteiger charge is -2.19. The fourth-order valence-electron chi connectivity index (χ4n) is 1.97. The van der Waals surface area contributed by atoms with E-state index in [-0.39, 0.29) is 19.6 Å². The molecule has 0 saturated heterocycles. The largest absolute Gasteiger partial charge is 0.445 e. The summed E-state index contributed by atoms with van der Waals surface area (Å²) in [6.45, 7) is 6.78. The van der Waals surface area contributed by atoms with Gasteiger partial charge in [-0.1, -0.05) is 30.3 Å². The minimum absolute atomic E-state index is 0.0740. The smallest absolute Gasteiger partial charge is 0.426 e. The van der Waals surface area contributed by atoms with Gasteiger partial charge in [0.15, 0.2) is 0 Å². The summed E-state index contributed by atoms with van der Waals surface area (Å²) in [5, 5.41) is 2.58. The summed E-state index contributed by atoms with van der Waals surface area (Å²) in [4.78, 5) is 34.5. The van der Waals surface area contributed by atoms with E-state index in [0.717, 1.165) is 5.56 Å². The molecule has 0 aliphatic rings. The Hall–Kier alpha value is -2.85. The van der Waals surface area contributed by atoms with E-state index in [1.807, 2.05) is 30.3 Å². The number of ether oxygens (including phenoxy) is 4. The molecule has 0 radical (unpaired) electrons. The van der Waals surface area contributed by atoms with Crippen LogP contribution in [0, 0.1) is 0 Å². The highest BCUT2D eigenvalue weighted by molar-refractivity contribution is 5.79. The molecule has 0 atom stereocenters. The Morgan fingerprint density at radius 2 is 1.53 bits per heavy atom. The maximum atomic E-state index is 11.6. The molecule has 0 heterocycles. The molecule has 10 nitrogen and oxygen atoms in total. The van der Waals surface area contributed by atoms with Crippen molar-refractivity contribution in [3.05, 3.63) is 35.9 Å². The van der Waals surface area contributed by atoms with Crippen LogP contribution in [0.15, 0.2) is 30.3 Å². The van der Waals surface area contributed by atoms with E-state index < -0.39 is 23.7 Å². The van der Waals surface area contributed by atoms with E-state index in [1.54, 1.807) is 20.8 Å². The van der Waals surface area contributed by atoms with Gasteiger partial charge in [0, 0.05) is 6.54 Å². The monoisotopic (exact) mass is 425 g/mol. The molecule has 168 valence electrons. The topological polar surface area (TPSA) is 124 Å². The predicted molar refractivity (Wildman–Crippen MR) is 108 cm³/mol. The number of hydrazine groups is 1. The lowest BCUT2D eigenvalue weighted by molar-refractivity contribution is -0.123. The first-order chi connectivity index (χ1) is 14.3. The molecule has 1 rings (SSSR count). The van der Waals surface area contributed by atoms with E-state index in [9.17, 15) is 14.4 Å². The van der Waals surface area contributed by atoms with Crippen molar-refractivity contribution in [3.63, 3.8) is 0 Å². The molecule has 1 aromatic carbocycles. The third kappa shape index (κ3) is 14.2. The molecule has 0 aliphatic heterocycles. The molecule has 0 aliphatic carbocycles. The molecule has 0 saturated carbocycles. The van der Waals surface area contributed by atoms with Crippen molar-refractivity contribution in [1.82, 2.24) is 16.2 Å². The lowest BCUT2D eigenvalue weighted by atomic mass is 10.2. The predicted octanol–water partition coefficient (Wildman–Crippen LogP) is 1.89. The minimum atomic E-state index is -0.734. The molecule has 30 heavy (non-hydrogen) atoms.